The number of carbonyl (C=O) groups is 2. The maximum atomic E-state index is 12.6. The Kier molecular flexibility index (Phi) is 3.05. The number of hydrogen-bond donors (Lipinski definition) is 1. The van der Waals surface area contributed by atoms with E-state index in [4.69, 9.17) is 11.6 Å². The van der Waals surface area contributed by atoms with Crippen molar-refractivity contribution in [1.82, 2.24) is 4.90 Å². The molecule has 2 bridgehead atoms. The number of fused-ring (bicyclic) bond motifs is 5. The van der Waals surface area contributed by atoms with Gasteiger partial charge in [-0.15, -0.1) is 0 Å². The first-order chi connectivity index (χ1) is 10.6. The van der Waals surface area contributed by atoms with Crippen molar-refractivity contribution in [2.45, 2.75) is 13.3 Å². The summed E-state index contributed by atoms with van der Waals surface area (Å²) in [5, 5.41) is 3.81. The molecule has 1 saturated heterocycles. The van der Waals surface area contributed by atoms with Crippen LogP contribution in [-0.2, 0) is 9.59 Å². The van der Waals surface area contributed by atoms with Crippen molar-refractivity contribution in [1.29, 1.82) is 0 Å². The monoisotopic (exact) mass is 316 g/mol. The van der Waals surface area contributed by atoms with Crippen LogP contribution in [0.1, 0.15) is 12.0 Å². The Morgan fingerprint density at radius 1 is 1.18 bits per heavy atom. The largest absolute Gasteiger partial charge is 0.367 e. The molecule has 3 aliphatic rings. The first kappa shape index (κ1) is 13.8. The third-order valence-electron chi connectivity index (χ3n) is 5.19. The summed E-state index contributed by atoms with van der Waals surface area (Å²) in [5.74, 6) is 0.182. The quantitative estimate of drug-likeness (QED) is 0.689. The van der Waals surface area contributed by atoms with Crippen molar-refractivity contribution in [3.8, 4) is 0 Å². The van der Waals surface area contributed by atoms with Crippen LogP contribution in [-0.4, -0.2) is 23.4 Å². The van der Waals surface area contributed by atoms with Gasteiger partial charge in [-0.05, 0) is 42.9 Å². The minimum Gasteiger partial charge on any atom is -0.367 e. The van der Waals surface area contributed by atoms with E-state index in [1.165, 1.54) is 4.90 Å². The first-order valence-electron chi connectivity index (χ1n) is 7.60. The highest BCUT2D eigenvalue weighted by molar-refractivity contribution is 6.30. The van der Waals surface area contributed by atoms with Crippen LogP contribution < -0.4 is 5.32 Å². The molecule has 2 aliphatic carbocycles. The van der Waals surface area contributed by atoms with Crippen molar-refractivity contribution in [2.24, 2.45) is 23.7 Å². The number of carbonyl (C=O) groups excluding carboxylic acids is 2. The SMILES string of the molecule is Cc1ccc(Cl)cc1NCN1C(=O)[C@@H]2[C@H](C1=O)[C@H]1C=C[C@H]2C1. The first-order valence-corrected chi connectivity index (χ1v) is 7.97. The Bertz CT molecular complexity index is 670. The molecule has 1 aromatic rings. The molecule has 0 unspecified atom stereocenters. The highest BCUT2D eigenvalue weighted by Crippen LogP contribution is 2.52. The third kappa shape index (κ3) is 1.90. The van der Waals surface area contributed by atoms with Gasteiger partial charge in [-0.25, -0.2) is 0 Å². The number of hydrogen-bond acceptors (Lipinski definition) is 3. The number of anilines is 1. The second kappa shape index (κ2) is 4.85. The molecule has 2 amide bonds. The molecule has 1 heterocycles. The van der Waals surface area contributed by atoms with Crippen LogP contribution in [0.25, 0.3) is 0 Å². The molecule has 1 saturated carbocycles. The summed E-state index contributed by atoms with van der Waals surface area (Å²) in [4.78, 5) is 26.5. The lowest BCUT2D eigenvalue weighted by Crippen LogP contribution is -2.37. The minimum atomic E-state index is -0.134. The van der Waals surface area contributed by atoms with E-state index in [0.29, 0.717) is 5.02 Å². The molecule has 0 aromatic heterocycles. The van der Waals surface area contributed by atoms with Crippen molar-refractivity contribution in [3.63, 3.8) is 0 Å². The summed E-state index contributed by atoms with van der Waals surface area (Å²) in [6, 6.07) is 5.55. The zero-order valence-electron chi connectivity index (χ0n) is 12.3. The van der Waals surface area contributed by atoms with E-state index in [9.17, 15) is 9.59 Å². The summed E-state index contributed by atoms with van der Waals surface area (Å²) < 4.78 is 0. The predicted octanol–water partition coefficient (Wildman–Crippen LogP) is 2.82. The molecule has 1 N–H and O–H groups in total. The van der Waals surface area contributed by atoms with Gasteiger partial charge in [0, 0.05) is 10.7 Å². The van der Waals surface area contributed by atoms with Crippen molar-refractivity contribution in [3.05, 3.63) is 40.9 Å². The second-order valence-corrected chi connectivity index (χ2v) is 6.83. The van der Waals surface area contributed by atoms with Gasteiger partial charge < -0.3 is 5.32 Å². The van der Waals surface area contributed by atoms with E-state index in [2.05, 4.69) is 17.5 Å². The number of nitrogens with zero attached hydrogens (tertiary/aromatic N) is 1. The fraction of sp³-hybridized carbons (Fsp3) is 0.412. The van der Waals surface area contributed by atoms with Gasteiger partial charge in [-0.2, -0.15) is 0 Å². The molecule has 4 nitrogen and oxygen atoms in total. The molecule has 1 aliphatic heterocycles. The Hall–Kier alpha value is -1.81. The number of rotatable bonds is 3. The molecule has 114 valence electrons. The van der Waals surface area contributed by atoms with Crippen molar-refractivity contribution >= 4 is 29.1 Å². The Balaban J connectivity index is 1.51. The van der Waals surface area contributed by atoms with E-state index in [-0.39, 0.29) is 42.2 Å². The van der Waals surface area contributed by atoms with Gasteiger partial charge in [0.1, 0.15) is 0 Å². The average Bonchev–Trinajstić information content (AvgIpc) is 3.16. The van der Waals surface area contributed by atoms with Crippen LogP contribution in [0.15, 0.2) is 30.4 Å². The smallest absolute Gasteiger partial charge is 0.235 e. The van der Waals surface area contributed by atoms with Gasteiger partial charge >= 0.3 is 0 Å². The maximum absolute atomic E-state index is 12.6. The number of nitrogens with one attached hydrogen (secondary N) is 1. The fourth-order valence-electron chi connectivity index (χ4n) is 4.07. The number of halogens is 1. The molecule has 2 fully saturated rings. The molecule has 22 heavy (non-hydrogen) atoms. The minimum absolute atomic E-state index is 0.0287. The zero-order valence-corrected chi connectivity index (χ0v) is 13.0. The Morgan fingerprint density at radius 2 is 1.82 bits per heavy atom. The van der Waals surface area contributed by atoms with E-state index in [1.807, 2.05) is 25.1 Å². The molecule has 4 rings (SSSR count). The van der Waals surface area contributed by atoms with Crippen LogP contribution in [0.5, 0.6) is 0 Å². The number of likely N-dealkylation sites (tertiary alicyclic amines) is 1. The standard InChI is InChI=1S/C17H17ClN2O2/c1-9-2-5-12(18)7-13(9)19-8-20-16(21)14-10-3-4-11(6-10)15(14)17(20)22/h2-5,7,10-11,14-15,19H,6,8H2,1H3/t10-,11-,14-,15+/m0/s1. The number of aryl methyl sites for hydroxylation is 1. The van der Waals surface area contributed by atoms with Gasteiger partial charge in [0.05, 0.1) is 18.5 Å². The Morgan fingerprint density at radius 3 is 2.45 bits per heavy atom. The van der Waals surface area contributed by atoms with E-state index in [1.54, 1.807) is 0 Å². The molecule has 0 radical (unpaired) electrons. The third-order valence-corrected chi connectivity index (χ3v) is 5.42. The molecular weight excluding hydrogens is 300 g/mol. The van der Waals surface area contributed by atoms with Crippen molar-refractivity contribution < 1.29 is 9.59 Å². The fourth-order valence-corrected chi connectivity index (χ4v) is 4.24. The maximum Gasteiger partial charge on any atom is 0.235 e. The van der Waals surface area contributed by atoms with E-state index in [0.717, 1.165) is 17.7 Å². The lowest BCUT2D eigenvalue weighted by molar-refractivity contribution is -0.140. The van der Waals surface area contributed by atoms with Crippen LogP contribution in [0.2, 0.25) is 5.02 Å². The Labute approximate surface area is 134 Å². The lowest BCUT2D eigenvalue weighted by Gasteiger charge is -2.19. The summed E-state index contributed by atoms with van der Waals surface area (Å²) >= 11 is 6.00. The normalized spacial score (nSPS) is 32.0. The topological polar surface area (TPSA) is 49.4 Å². The lowest BCUT2D eigenvalue weighted by atomic mass is 9.85. The predicted molar refractivity (Wildman–Crippen MR) is 84.2 cm³/mol. The van der Waals surface area contributed by atoms with Gasteiger partial charge in [0.2, 0.25) is 11.8 Å². The summed E-state index contributed by atoms with van der Waals surface area (Å²) in [6.07, 6.45) is 5.17. The average molecular weight is 317 g/mol. The van der Waals surface area contributed by atoms with Crippen LogP contribution >= 0.6 is 11.6 Å². The van der Waals surface area contributed by atoms with Gasteiger partial charge in [0.15, 0.2) is 0 Å². The highest BCUT2D eigenvalue weighted by Gasteiger charge is 2.59. The zero-order chi connectivity index (χ0) is 15.4. The molecule has 1 aromatic carbocycles. The van der Waals surface area contributed by atoms with Crippen LogP contribution in [0, 0.1) is 30.6 Å². The van der Waals surface area contributed by atoms with Crippen LogP contribution in [0.3, 0.4) is 0 Å². The van der Waals surface area contributed by atoms with Gasteiger partial charge in [-0.1, -0.05) is 29.8 Å². The van der Waals surface area contributed by atoms with Gasteiger partial charge in [-0.3, -0.25) is 14.5 Å². The number of amides is 2. The summed E-state index contributed by atoms with van der Waals surface area (Å²) in [5.41, 5.74) is 1.89. The number of imide groups is 1. The molecule has 5 heteroatoms. The summed E-state index contributed by atoms with van der Waals surface area (Å²) in [7, 11) is 0. The molecule has 0 spiro atoms. The number of allylic oxidation sites excluding steroid dienone is 2. The number of benzene rings is 1. The molecular formula is C17H17ClN2O2. The second-order valence-electron chi connectivity index (χ2n) is 6.40. The molecule has 4 atom stereocenters. The van der Waals surface area contributed by atoms with E-state index >= 15 is 0 Å². The van der Waals surface area contributed by atoms with Gasteiger partial charge in [0.25, 0.3) is 0 Å². The highest BCUT2D eigenvalue weighted by atomic mass is 35.5. The summed E-state index contributed by atoms with van der Waals surface area (Å²) in [6.45, 7) is 2.18. The van der Waals surface area contributed by atoms with Crippen molar-refractivity contribution in [2.75, 3.05) is 12.0 Å². The van der Waals surface area contributed by atoms with Crippen LogP contribution in [0.4, 0.5) is 5.69 Å². The van der Waals surface area contributed by atoms with E-state index < -0.39 is 0 Å².